The monoisotopic (exact) mass is 409 g/mol. The third-order valence-corrected chi connectivity index (χ3v) is 4.47. The van der Waals surface area contributed by atoms with Crippen molar-refractivity contribution in [1.82, 2.24) is 9.97 Å². The van der Waals surface area contributed by atoms with Gasteiger partial charge in [0.05, 0.1) is 11.3 Å². The zero-order valence-electron chi connectivity index (χ0n) is 15.3. The van der Waals surface area contributed by atoms with Gasteiger partial charge >= 0.3 is 12.1 Å². The molecule has 0 amide bonds. The predicted molar refractivity (Wildman–Crippen MR) is 107 cm³/mol. The molecule has 0 fully saturated rings. The highest BCUT2D eigenvalue weighted by atomic mass is 19.4. The highest BCUT2D eigenvalue weighted by Crippen LogP contribution is 2.34. The number of hydrogen-bond acceptors (Lipinski definition) is 4. The third kappa shape index (κ3) is 3.93. The van der Waals surface area contributed by atoms with Crippen LogP contribution in [0.3, 0.4) is 0 Å². The van der Waals surface area contributed by atoms with Gasteiger partial charge in [-0.1, -0.05) is 42.5 Å². The van der Waals surface area contributed by atoms with Gasteiger partial charge in [0.25, 0.3) is 0 Å². The Morgan fingerprint density at radius 3 is 2.30 bits per heavy atom. The van der Waals surface area contributed by atoms with Gasteiger partial charge < -0.3 is 10.4 Å². The fraction of sp³-hybridized carbons (Fsp3) is 0.0455. The van der Waals surface area contributed by atoms with Gasteiger partial charge in [0, 0.05) is 11.3 Å². The van der Waals surface area contributed by atoms with Crippen molar-refractivity contribution < 1.29 is 23.1 Å². The Balaban J connectivity index is 1.81. The number of aromatic carboxylic acids is 1. The van der Waals surface area contributed by atoms with E-state index in [1.807, 2.05) is 24.3 Å². The molecule has 1 heterocycles. The maximum atomic E-state index is 13.5. The number of rotatable bonds is 4. The Bertz CT molecular complexity index is 1230. The van der Waals surface area contributed by atoms with Gasteiger partial charge in [0.15, 0.2) is 5.69 Å². The average molecular weight is 409 g/mol. The lowest BCUT2D eigenvalue weighted by Gasteiger charge is -2.13. The topological polar surface area (TPSA) is 75.1 Å². The van der Waals surface area contributed by atoms with Crippen molar-refractivity contribution in [3.8, 4) is 11.3 Å². The maximum absolute atomic E-state index is 13.5. The highest BCUT2D eigenvalue weighted by Gasteiger charge is 2.34. The number of carboxylic acid groups (broad SMARTS) is 1. The van der Waals surface area contributed by atoms with Crippen LogP contribution < -0.4 is 5.32 Å². The minimum absolute atomic E-state index is 0.0574. The van der Waals surface area contributed by atoms with Crippen LogP contribution in [-0.4, -0.2) is 21.0 Å². The number of alkyl halides is 3. The Hall–Kier alpha value is -3.94. The van der Waals surface area contributed by atoms with Crippen LogP contribution >= 0.6 is 0 Å². The summed E-state index contributed by atoms with van der Waals surface area (Å²) in [6, 6.07) is 19.1. The van der Waals surface area contributed by atoms with E-state index in [-0.39, 0.29) is 17.2 Å². The summed E-state index contributed by atoms with van der Waals surface area (Å²) in [5.41, 5.74) is 0.0132. The third-order valence-electron chi connectivity index (χ3n) is 4.47. The first-order valence-electron chi connectivity index (χ1n) is 8.86. The van der Waals surface area contributed by atoms with Gasteiger partial charge in [0.2, 0.25) is 5.95 Å². The lowest BCUT2D eigenvalue weighted by Crippen LogP contribution is -2.11. The number of hydrogen-bond donors (Lipinski definition) is 2. The van der Waals surface area contributed by atoms with Gasteiger partial charge in [-0.05, 0) is 41.1 Å². The molecule has 0 saturated heterocycles. The first-order chi connectivity index (χ1) is 14.3. The van der Waals surface area contributed by atoms with Crippen molar-refractivity contribution >= 4 is 28.4 Å². The molecule has 4 rings (SSSR count). The molecule has 0 aliphatic rings. The molecule has 3 aromatic carbocycles. The minimum atomic E-state index is -4.66. The summed E-state index contributed by atoms with van der Waals surface area (Å²) < 4.78 is 40.4. The van der Waals surface area contributed by atoms with Gasteiger partial charge in [0.1, 0.15) is 0 Å². The van der Waals surface area contributed by atoms with Crippen molar-refractivity contribution in [1.29, 1.82) is 0 Å². The number of anilines is 2. The average Bonchev–Trinajstić information content (AvgIpc) is 2.73. The Morgan fingerprint density at radius 2 is 1.60 bits per heavy atom. The van der Waals surface area contributed by atoms with E-state index < -0.39 is 17.8 Å². The van der Waals surface area contributed by atoms with Gasteiger partial charge in [-0.25, -0.2) is 14.8 Å². The van der Waals surface area contributed by atoms with E-state index in [0.717, 1.165) is 16.8 Å². The van der Waals surface area contributed by atoms with Crippen LogP contribution in [0.4, 0.5) is 24.8 Å². The molecular weight excluding hydrogens is 395 g/mol. The molecule has 2 N–H and O–H groups in total. The molecule has 0 saturated carbocycles. The van der Waals surface area contributed by atoms with Crippen molar-refractivity contribution in [2.24, 2.45) is 0 Å². The van der Waals surface area contributed by atoms with E-state index in [1.54, 1.807) is 18.2 Å². The molecule has 0 radical (unpaired) electrons. The van der Waals surface area contributed by atoms with Crippen LogP contribution in [0.5, 0.6) is 0 Å². The summed E-state index contributed by atoms with van der Waals surface area (Å²) in [6.07, 6.45) is -4.66. The molecule has 5 nitrogen and oxygen atoms in total. The second-order valence-electron chi connectivity index (χ2n) is 6.49. The van der Waals surface area contributed by atoms with E-state index in [2.05, 4.69) is 15.3 Å². The fourth-order valence-electron chi connectivity index (χ4n) is 3.06. The lowest BCUT2D eigenvalue weighted by atomic mass is 10.0. The Labute approximate surface area is 168 Å². The molecular formula is C22H14F3N3O2. The molecule has 0 aliphatic heterocycles. The van der Waals surface area contributed by atoms with E-state index in [1.165, 1.54) is 24.3 Å². The van der Waals surface area contributed by atoms with Crippen LogP contribution in [0, 0.1) is 0 Å². The number of benzene rings is 3. The smallest absolute Gasteiger partial charge is 0.433 e. The summed E-state index contributed by atoms with van der Waals surface area (Å²) in [5, 5.41) is 13.3. The van der Waals surface area contributed by atoms with Crippen LogP contribution in [-0.2, 0) is 6.18 Å². The number of carbonyl (C=O) groups is 1. The Morgan fingerprint density at radius 1 is 0.900 bits per heavy atom. The zero-order valence-corrected chi connectivity index (χ0v) is 15.3. The fourth-order valence-corrected chi connectivity index (χ4v) is 3.06. The number of carboxylic acids is 1. The van der Waals surface area contributed by atoms with Gasteiger partial charge in [-0.15, -0.1) is 0 Å². The van der Waals surface area contributed by atoms with Crippen LogP contribution in [0.25, 0.3) is 22.0 Å². The van der Waals surface area contributed by atoms with E-state index in [0.29, 0.717) is 11.3 Å². The molecule has 8 heteroatoms. The largest absolute Gasteiger partial charge is 0.478 e. The number of aromatic nitrogens is 2. The lowest BCUT2D eigenvalue weighted by molar-refractivity contribution is -0.141. The van der Waals surface area contributed by atoms with Crippen molar-refractivity contribution in [3.63, 3.8) is 0 Å². The quantitative estimate of drug-likeness (QED) is 0.448. The molecule has 30 heavy (non-hydrogen) atoms. The van der Waals surface area contributed by atoms with E-state index in [9.17, 15) is 18.0 Å². The number of nitrogens with one attached hydrogen (secondary N) is 1. The number of fused-ring (bicyclic) bond motifs is 1. The van der Waals surface area contributed by atoms with Crippen molar-refractivity contribution in [2.45, 2.75) is 6.18 Å². The molecule has 0 atom stereocenters. The summed E-state index contributed by atoms with van der Waals surface area (Å²) in [7, 11) is 0. The SMILES string of the molecule is O=C(O)c1ccc(Nc2nc(-c3cccc4ccccc34)cc(C(F)(F)F)n2)cc1. The van der Waals surface area contributed by atoms with Crippen molar-refractivity contribution in [2.75, 3.05) is 5.32 Å². The first-order valence-corrected chi connectivity index (χ1v) is 8.86. The molecule has 0 unspecified atom stereocenters. The van der Waals surface area contributed by atoms with Crippen LogP contribution in [0.2, 0.25) is 0 Å². The minimum Gasteiger partial charge on any atom is -0.478 e. The summed E-state index contributed by atoms with van der Waals surface area (Å²) in [5.74, 6) is -1.34. The molecule has 150 valence electrons. The number of nitrogens with zero attached hydrogens (tertiary/aromatic N) is 2. The van der Waals surface area contributed by atoms with E-state index in [4.69, 9.17) is 5.11 Å². The highest BCUT2D eigenvalue weighted by molar-refractivity contribution is 5.96. The maximum Gasteiger partial charge on any atom is 0.433 e. The van der Waals surface area contributed by atoms with Crippen molar-refractivity contribution in [3.05, 3.63) is 84.1 Å². The van der Waals surface area contributed by atoms with Crippen LogP contribution in [0.15, 0.2) is 72.8 Å². The molecule has 0 spiro atoms. The molecule has 0 bridgehead atoms. The Kier molecular flexibility index (Phi) is 4.83. The standard InChI is InChI=1S/C22H14F3N3O2/c23-22(24,25)19-12-18(17-7-3-5-13-4-1-2-6-16(13)17)27-21(28-19)26-15-10-8-14(9-11-15)20(29)30/h1-12H,(H,29,30)(H,26,27,28). The van der Waals surface area contributed by atoms with Gasteiger partial charge in [-0.2, -0.15) is 13.2 Å². The second kappa shape index (κ2) is 7.47. The molecule has 4 aromatic rings. The second-order valence-corrected chi connectivity index (χ2v) is 6.49. The molecule has 1 aromatic heterocycles. The predicted octanol–water partition coefficient (Wildman–Crippen LogP) is 5.76. The summed E-state index contributed by atoms with van der Waals surface area (Å²) in [4.78, 5) is 18.8. The molecule has 0 aliphatic carbocycles. The number of halogens is 3. The first kappa shape index (κ1) is 19.4. The van der Waals surface area contributed by atoms with E-state index >= 15 is 0 Å². The summed E-state index contributed by atoms with van der Waals surface area (Å²) in [6.45, 7) is 0. The zero-order chi connectivity index (χ0) is 21.3. The summed E-state index contributed by atoms with van der Waals surface area (Å²) >= 11 is 0. The van der Waals surface area contributed by atoms with Crippen LogP contribution in [0.1, 0.15) is 16.1 Å². The van der Waals surface area contributed by atoms with Gasteiger partial charge in [-0.3, -0.25) is 0 Å². The normalized spacial score (nSPS) is 11.4.